The van der Waals surface area contributed by atoms with E-state index in [1.54, 1.807) is 18.4 Å². The molecule has 1 aromatic heterocycles. The molecule has 0 aliphatic carbocycles. The van der Waals surface area contributed by atoms with Crippen LogP contribution < -0.4 is 10.1 Å². The Balaban J connectivity index is 1.34. The van der Waals surface area contributed by atoms with E-state index in [0.717, 1.165) is 34.7 Å². The van der Waals surface area contributed by atoms with Crippen molar-refractivity contribution in [1.29, 1.82) is 0 Å². The van der Waals surface area contributed by atoms with Crippen LogP contribution in [0.3, 0.4) is 0 Å². The fourth-order valence-electron chi connectivity index (χ4n) is 4.44. The summed E-state index contributed by atoms with van der Waals surface area (Å²) in [5, 5.41) is 4.55. The molecule has 3 heterocycles. The second-order valence-corrected chi connectivity index (χ2v) is 8.65. The summed E-state index contributed by atoms with van der Waals surface area (Å²) in [5.41, 5.74) is 1.09. The van der Waals surface area contributed by atoms with E-state index in [4.69, 9.17) is 4.74 Å². The molecule has 4 rings (SSSR count). The molecule has 2 fully saturated rings. The molecule has 1 N–H and O–H groups in total. The molecule has 2 saturated heterocycles. The van der Waals surface area contributed by atoms with Gasteiger partial charge < -0.3 is 10.1 Å². The second-order valence-electron chi connectivity index (χ2n) is 7.53. The molecule has 2 aromatic rings. The quantitative estimate of drug-likeness (QED) is 0.861. The molecule has 0 atom stereocenters. The van der Waals surface area contributed by atoms with Crippen molar-refractivity contribution in [2.75, 3.05) is 33.3 Å². The van der Waals surface area contributed by atoms with E-state index in [1.165, 1.54) is 56.7 Å². The van der Waals surface area contributed by atoms with Gasteiger partial charge in [0.2, 0.25) is 0 Å². The number of aromatic nitrogens is 1. The van der Waals surface area contributed by atoms with E-state index < -0.39 is 0 Å². The molecule has 0 radical (unpaired) electrons. The zero-order valence-corrected chi connectivity index (χ0v) is 16.4. The van der Waals surface area contributed by atoms with Gasteiger partial charge in [-0.3, -0.25) is 4.90 Å². The van der Waals surface area contributed by atoms with Crippen molar-refractivity contribution >= 4 is 11.3 Å². The summed E-state index contributed by atoms with van der Waals surface area (Å²) in [6.45, 7) is 5.94. The maximum absolute atomic E-state index is 5.48. The fraction of sp³-hybridized carbons (Fsp3) is 0.571. The highest BCUT2D eigenvalue weighted by molar-refractivity contribution is 7.15. The van der Waals surface area contributed by atoms with Crippen molar-refractivity contribution in [2.45, 2.75) is 32.2 Å². The largest absolute Gasteiger partial charge is 0.496 e. The Morgan fingerprint density at radius 2 is 1.85 bits per heavy atom. The van der Waals surface area contributed by atoms with Gasteiger partial charge in [-0.15, -0.1) is 11.3 Å². The summed E-state index contributed by atoms with van der Waals surface area (Å²) in [6, 6.07) is 8.14. The lowest BCUT2D eigenvalue weighted by Crippen LogP contribution is -2.38. The highest BCUT2D eigenvalue weighted by Crippen LogP contribution is 2.34. The van der Waals surface area contributed by atoms with Crippen LogP contribution in [-0.2, 0) is 6.54 Å². The average Bonchev–Trinajstić information content (AvgIpc) is 3.17. The molecule has 140 valence electrons. The van der Waals surface area contributed by atoms with Crippen molar-refractivity contribution in [3.63, 3.8) is 0 Å². The lowest BCUT2D eigenvalue weighted by atomic mass is 9.79. The minimum Gasteiger partial charge on any atom is -0.496 e. The van der Waals surface area contributed by atoms with Crippen molar-refractivity contribution in [3.8, 4) is 16.3 Å². The van der Waals surface area contributed by atoms with Gasteiger partial charge in [0, 0.05) is 17.6 Å². The monoisotopic (exact) mass is 371 g/mol. The van der Waals surface area contributed by atoms with Crippen LogP contribution in [0.4, 0.5) is 0 Å². The third-order valence-electron chi connectivity index (χ3n) is 5.95. The van der Waals surface area contributed by atoms with Gasteiger partial charge in [0.15, 0.2) is 0 Å². The molecule has 1 aromatic carbocycles. The van der Waals surface area contributed by atoms with Crippen LogP contribution in [0.1, 0.15) is 30.6 Å². The maximum Gasteiger partial charge on any atom is 0.129 e. The number of hydrogen-bond donors (Lipinski definition) is 1. The number of likely N-dealkylation sites (tertiary alicyclic amines) is 1. The zero-order chi connectivity index (χ0) is 17.8. The predicted molar refractivity (Wildman–Crippen MR) is 108 cm³/mol. The Hall–Kier alpha value is -1.43. The number of nitrogens with zero attached hydrogens (tertiary/aromatic N) is 2. The zero-order valence-electron chi connectivity index (χ0n) is 15.6. The highest BCUT2D eigenvalue weighted by atomic mass is 32.1. The molecule has 0 bridgehead atoms. The van der Waals surface area contributed by atoms with Crippen molar-refractivity contribution in [2.24, 2.45) is 11.8 Å². The first kappa shape index (κ1) is 18.0. The van der Waals surface area contributed by atoms with Crippen LogP contribution in [-0.4, -0.2) is 43.2 Å². The molecule has 26 heavy (non-hydrogen) atoms. The first-order chi connectivity index (χ1) is 12.8. The Kier molecular flexibility index (Phi) is 5.88. The van der Waals surface area contributed by atoms with Gasteiger partial charge in [0.1, 0.15) is 10.8 Å². The molecule has 0 amide bonds. The van der Waals surface area contributed by atoms with Crippen molar-refractivity contribution in [1.82, 2.24) is 15.2 Å². The van der Waals surface area contributed by atoms with E-state index in [2.05, 4.69) is 21.3 Å². The number of rotatable bonds is 5. The summed E-state index contributed by atoms with van der Waals surface area (Å²) < 4.78 is 5.48. The summed E-state index contributed by atoms with van der Waals surface area (Å²) in [7, 11) is 1.72. The number of methoxy groups -OCH3 is 1. The molecule has 0 spiro atoms. The molecule has 2 aliphatic heterocycles. The third kappa shape index (κ3) is 4.11. The third-order valence-corrected chi connectivity index (χ3v) is 6.97. The van der Waals surface area contributed by atoms with Crippen molar-refractivity contribution in [3.05, 3.63) is 35.3 Å². The SMILES string of the molecule is COc1ccccc1-c1ncc(CN2CCC(C3CCNCC3)CC2)s1. The van der Waals surface area contributed by atoms with E-state index in [1.807, 2.05) is 24.4 Å². The molecule has 4 nitrogen and oxygen atoms in total. The number of nitrogens with one attached hydrogen (secondary N) is 1. The summed E-state index contributed by atoms with van der Waals surface area (Å²) in [5.74, 6) is 2.80. The molecular formula is C21H29N3OS. The summed E-state index contributed by atoms with van der Waals surface area (Å²) in [6.07, 6.45) is 7.53. The Morgan fingerprint density at radius 3 is 2.62 bits per heavy atom. The van der Waals surface area contributed by atoms with Gasteiger partial charge in [-0.1, -0.05) is 12.1 Å². The second kappa shape index (κ2) is 8.51. The summed E-state index contributed by atoms with van der Waals surface area (Å²) in [4.78, 5) is 8.62. The number of piperidine rings is 2. The van der Waals surface area contributed by atoms with E-state index in [0.29, 0.717) is 0 Å². The van der Waals surface area contributed by atoms with Crippen LogP contribution in [0, 0.1) is 11.8 Å². The number of benzene rings is 1. The fourth-order valence-corrected chi connectivity index (χ4v) is 5.43. The highest BCUT2D eigenvalue weighted by Gasteiger charge is 2.27. The van der Waals surface area contributed by atoms with Crippen LogP contribution in [0.2, 0.25) is 0 Å². The smallest absolute Gasteiger partial charge is 0.129 e. The molecular weight excluding hydrogens is 342 g/mol. The standard InChI is InChI=1S/C21H29N3OS/c1-25-20-5-3-2-4-19(20)21-23-14-18(26-21)15-24-12-8-17(9-13-24)16-6-10-22-11-7-16/h2-5,14,16-17,22H,6-13,15H2,1H3. The number of para-hydroxylation sites is 1. The van der Waals surface area contributed by atoms with E-state index in [9.17, 15) is 0 Å². The van der Waals surface area contributed by atoms with Gasteiger partial charge >= 0.3 is 0 Å². The van der Waals surface area contributed by atoms with Crippen LogP contribution in [0.5, 0.6) is 5.75 Å². The van der Waals surface area contributed by atoms with Gasteiger partial charge in [0.25, 0.3) is 0 Å². The van der Waals surface area contributed by atoms with E-state index >= 15 is 0 Å². The van der Waals surface area contributed by atoms with Gasteiger partial charge in [-0.2, -0.15) is 0 Å². The van der Waals surface area contributed by atoms with Crippen LogP contribution in [0.15, 0.2) is 30.5 Å². The van der Waals surface area contributed by atoms with Gasteiger partial charge in [-0.25, -0.2) is 4.98 Å². The Labute approximate surface area is 160 Å². The Morgan fingerprint density at radius 1 is 1.12 bits per heavy atom. The first-order valence-electron chi connectivity index (χ1n) is 9.84. The van der Waals surface area contributed by atoms with Crippen molar-refractivity contribution < 1.29 is 4.74 Å². The Bertz CT molecular complexity index is 703. The molecule has 5 heteroatoms. The van der Waals surface area contributed by atoms with Gasteiger partial charge in [0.05, 0.1) is 12.7 Å². The number of hydrogen-bond acceptors (Lipinski definition) is 5. The van der Waals surface area contributed by atoms with Crippen LogP contribution in [0.25, 0.3) is 10.6 Å². The first-order valence-corrected chi connectivity index (χ1v) is 10.7. The average molecular weight is 372 g/mol. The lowest BCUT2D eigenvalue weighted by Gasteiger charge is -2.37. The number of thiazole rings is 1. The predicted octanol–water partition coefficient (Wildman–Crippen LogP) is 4.03. The molecule has 0 saturated carbocycles. The lowest BCUT2D eigenvalue weighted by molar-refractivity contribution is 0.126. The van der Waals surface area contributed by atoms with Crippen LogP contribution >= 0.6 is 11.3 Å². The number of ether oxygens (including phenoxy) is 1. The molecule has 2 aliphatic rings. The summed E-state index contributed by atoms with van der Waals surface area (Å²) >= 11 is 1.80. The normalized spacial score (nSPS) is 20.3. The minimum absolute atomic E-state index is 0.899. The topological polar surface area (TPSA) is 37.4 Å². The molecule has 0 unspecified atom stereocenters. The minimum atomic E-state index is 0.899. The maximum atomic E-state index is 5.48. The van der Waals surface area contributed by atoms with Gasteiger partial charge in [-0.05, 0) is 75.8 Å². The van der Waals surface area contributed by atoms with E-state index in [-0.39, 0.29) is 0 Å².